The van der Waals surface area contributed by atoms with Crippen LogP contribution in [0.25, 0.3) is 0 Å². The van der Waals surface area contributed by atoms with Crippen molar-refractivity contribution in [1.29, 1.82) is 0 Å². The van der Waals surface area contributed by atoms with Crippen LogP contribution in [0.1, 0.15) is 97.3 Å². The van der Waals surface area contributed by atoms with Crippen LogP contribution in [-0.4, -0.2) is 12.1 Å². The Labute approximate surface area is 161 Å². The zero-order valence-electron chi connectivity index (χ0n) is 17.2. The first-order valence-electron chi connectivity index (χ1n) is 11.1. The molecule has 0 bridgehead atoms. The van der Waals surface area contributed by atoms with Crippen molar-refractivity contribution in [2.45, 2.75) is 103 Å². The van der Waals surface area contributed by atoms with Gasteiger partial charge in [-0.15, -0.1) is 0 Å². The highest BCUT2D eigenvalue weighted by Crippen LogP contribution is 2.44. The van der Waals surface area contributed by atoms with Crippen LogP contribution < -0.4 is 0 Å². The van der Waals surface area contributed by atoms with E-state index in [1.54, 1.807) is 0 Å². The molecule has 0 aromatic carbocycles. The number of carbonyl (C=O) groups excluding carboxylic acids is 1. The second kappa shape index (κ2) is 11.6. The second-order valence-electron chi connectivity index (χ2n) is 8.62. The minimum Gasteiger partial charge on any atom is -0.462 e. The summed E-state index contributed by atoms with van der Waals surface area (Å²) < 4.78 is 5.87. The number of hydrogen-bond donors (Lipinski definition) is 0. The molecule has 1 unspecified atom stereocenters. The van der Waals surface area contributed by atoms with Gasteiger partial charge >= 0.3 is 5.97 Å². The molecule has 2 heteroatoms. The van der Waals surface area contributed by atoms with E-state index < -0.39 is 0 Å². The van der Waals surface area contributed by atoms with Crippen LogP contribution in [0.15, 0.2) is 24.3 Å². The van der Waals surface area contributed by atoms with Gasteiger partial charge in [-0.25, -0.2) is 0 Å². The Kier molecular flexibility index (Phi) is 9.50. The Morgan fingerprint density at radius 2 is 2.00 bits per heavy atom. The van der Waals surface area contributed by atoms with Crippen LogP contribution in [0.4, 0.5) is 0 Å². The molecule has 26 heavy (non-hydrogen) atoms. The molecule has 1 fully saturated rings. The summed E-state index contributed by atoms with van der Waals surface area (Å²) in [5.41, 5.74) is 1.42. The molecule has 0 saturated heterocycles. The van der Waals surface area contributed by atoms with E-state index >= 15 is 0 Å². The lowest BCUT2D eigenvalue weighted by atomic mass is 9.82. The Morgan fingerprint density at radius 3 is 2.81 bits per heavy atom. The van der Waals surface area contributed by atoms with Crippen molar-refractivity contribution >= 4 is 5.97 Å². The van der Waals surface area contributed by atoms with E-state index in [4.69, 9.17) is 4.74 Å². The Bertz CT molecular complexity index is 465. The molecule has 2 rings (SSSR count). The predicted molar refractivity (Wildman–Crippen MR) is 110 cm³/mol. The van der Waals surface area contributed by atoms with Crippen LogP contribution in [-0.2, 0) is 9.53 Å². The van der Waals surface area contributed by atoms with Gasteiger partial charge in [-0.2, -0.15) is 0 Å². The van der Waals surface area contributed by atoms with Crippen molar-refractivity contribution in [3.8, 4) is 0 Å². The third-order valence-corrected chi connectivity index (χ3v) is 6.44. The number of rotatable bonds is 9. The molecule has 0 aromatic rings. The summed E-state index contributed by atoms with van der Waals surface area (Å²) >= 11 is 0. The maximum Gasteiger partial charge on any atom is 0.306 e. The molecular formula is C24H40O2. The zero-order chi connectivity index (χ0) is 18.8. The molecular weight excluding hydrogens is 320 g/mol. The summed E-state index contributed by atoms with van der Waals surface area (Å²) in [6, 6.07) is 0. The summed E-state index contributed by atoms with van der Waals surface area (Å²) in [5.74, 6) is 1.82. The molecule has 2 nitrogen and oxygen atoms in total. The van der Waals surface area contributed by atoms with Crippen molar-refractivity contribution in [2.75, 3.05) is 0 Å². The minimum atomic E-state index is 0.0136. The molecule has 0 amide bonds. The normalized spacial score (nSPS) is 30.5. The molecule has 0 aromatic heterocycles. The molecule has 2 aliphatic rings. The van der Waals surface area contributed by atoms with Crippen molar-refractivity contribution < 1.29 is 9.53 Å². The van der Waals surface area contributed by atoms with E-state index in [2.05, 4.69) is 32.6 Å². The SMILES string of the molecule is C=C(CCCCCCC)CC[C@@H]1C2C/C=C\CCCC(=O)O[C@H]2C[C@H]1C. The van der Waals surface area contributed by atoms with Gasteiger partial charge < -0.3 is 4.74 Å². The highest BCUT2D eigenvalue weighted by Gasteiger charge is 2.42. The van der Waals surface area contributed by atoms with Crippen molar-refractivity contribution in [1.82, 2.24) is 0 Å². The third-order valence-electron chi connectivity index (χ3n) is 6.44. The summed E-state index contributed by atoms with van der Waals surface area (Å²) in [6.07, 6.45) is 19.6. The maximum atomic E-state index is 12.1. The molecule has 0 N–H and O–H groups in total. The molecule has 0 radical (unpaired) electrons. The van der Waals surface area contributed by atoms with Gasteiger partial charge in [0.15, 0.2) is 0 Å². The van der Waals surface area contributed by atoms with Crippen molar-refractivity contribution in [2.24, 2.45) is 17.8 Å². The fourth-order valence-corrected chi connectivity index (χ4v) is 4.81. The van der Waals surface area contributed by atoms with E-state index in [1.807, 2.05) is 0 Å². The molecule has 148 valence electrons. The monoisotopic (exact) mass is 360 g/mol. The van der Waals surface area contributed by atoms with E-state index in [0.29, 0.717) is 24.2 Å². The maximum absolute atomic E-state index is 12.1. The number of hydrogen-bond acceptors (Lipinski definition) is 2. The molecule has 1 saturated carbocycles. The molecule has 1 heterocycles. The van der Waals surface area contributed by atoms with E-state index in [9.17, 15) is 4.79 Å². The summed E-state index contributed by atoms with van der Waals surface area (Å²) in [7, 11) is 0. The van der Waals surface area contributed by atoms with Gasteiger partial charge in [-0.05, 0) is 63.2 Å². The highest BCUT2D eigenvalue weighted by atomic mass is 16.5. The fraction of sp³-hybridized carbons (Fsp3) is 0.792. The summed E-state index contributed by atoms with van der Waals surface area (Å²) in [6.45, 7) is 8.95. The average Bonchev–Trinajstić information content (AvgIpc) is 2.90. The number of unbranched alkanes of at least 4 members (excludes halogenated alkanes) is 4. The molecule has 1 aliphatic heterocycles. The van der Waals surface area contributed by atoms with Gasteiger partial charge in [-0.3, -0.25) is 4.79 Å². The average molecular weight is 361 g/mol. The van der Waals surface area contributed by atoms with E-state index in [1.165, 1.54) is 50.5 Å². The molecule has 4 atom stereocenters. The Hall–Kier alpha value is -1.05. The number of fused-ring (bicyclic) bond motifs is 1. The third kappa shape index (κ3) is 6.93. The standard InChI is InChI=1S/C24H40O2/c1-4-5-6-7-10-13-19(2)16-17-21-20(3)18-23-22(21)14-11-8-9-12-15-24(25)26-23/h8,11,20-23H,2,4-7,9-10,12-18H2,1,3H3/b11-8-/t20-,21+,22?,23+/m1/s1. The van der Waals surface area contributed by atoms with Gasteiger partial charge in [-0.1, -0.05) is 63.8 Å². The Morgan fingerprint density at radius 1 is 1.19 bits per heavy atom. The Balaban J connectivity index is 1.82. The number of carbonyl (C=O) groups is 1. The first kappa shape index (κ1) is 21.3. The number of allylic oxidation sites excluding steroid dienone is 3. The van der Waals surface area contributed by atoms with Crippen LogP contribution in [0.5, 0.6) is 0 Å². The number of ether oxygens (including phenoxy) is 1. The quantitative estimate of drug-likeness (QED) is 0.251. The largest absolute Gasteiger partial charge is 0.462 e. The molecule has 1 aliphatic carbocycles. The van der Waals surface area contributed by atoms with Crippen molar-refractivity contribution in [3.05, 3.63) is 24.3 Å². The highest BCUT2D eigenvalue weighted by molar-refractivity contribution is 5.69. The topological polar surface area (TPSA) is 26.3 Å². The predicted octanol–water partition coefficient (Wildman–Crippen LogP) is 7.00. The van der Waals surface area contributed by atoms with Gasteiger partial charge in [0.25, 0.3) is 0 Å². The smallest absolute Gasteiger partial charge is 0.306 e. The van der Waals surface area contributed by atoms with E-state index in [-0.39, 0.29) is 12.1 Å². The lowest BCUT2D eigenvalue weighted by molar-refractivity contribution is -0.151. The van der Waals surface area contributed by atoms with Gasteiger partial charge in [0.05, 0.1) is 0 Å². The minimum absolute atomic E-state index is 0.0136. The van der Waals surface area contributed by atoms with Crippen LogP contribution in [0, 0.1) is 17.8 Å². The van der Waals surface area contributed by atoms with Crippen LogP contribution in [0.3, 0.4) is 0 Å². The first-order valence-corrected chi connectivity index (χ1v) is 11.1. The number of esters is 1. The van der Waals surface area contributed by atoms with Crippen molar-refractivity contribution in [3.63, 3.8) is 0 Å². The lowest BCUT2D eigenvalue weighted by Gasteiger charge is -2.26. The van der Waals surface area contributed by atoms with Gasteiger partial charge in [0.1, 0.15) is 6.10 Å². The summed E-state index contributed by atoms with van der Waals surface area (Å²) in [5, 5.41) is 0. The van der Waals surface area contributed by atoms with Crippen LogP contribution >= 0.6 is 0 Å². The summed E-state index contributed by atoms with van der Waals surface area (Å²) in [4.78, 5) is 12.1. The van der Waals surface area contributed by atoms with Crippen LogP contribution in [0.2, 0.25) is 0 Å². The fourth-order valence-electron chi connectivity index (χ4n) is 4.81. The zero-order valence-corrected chi connectivity index (χ0v) is 17.2. The second-order valence-corrected chi connectivity index (χ2v) is 8.62. The van der Waals surface area contributed by atoms with E-state index in [0.717, 1.165) is 32.1 Å². The van der Waals surface area contributed by atoms with Gasteiger partial charge in [0.2, 0.25) is 0 Å². The van der Waals surface area contributed by atoms with Gasteiger partial charge in [0, 0.05) is 12.3 Å². The first-order chi connectivity index (χ1) is 12.6. The molecule has 0 spiro atoms. The lowest BCUT2D eigenvalue weighted by Crippen LogP contribution is -2.25.